The summed E-state index contributed by atoms with van der Waals surface area (Å²) in [6.45, 7) is 0. The van der Waals surface area contributed by atoms with E-state index in [1.807, 2.05) is 0 Å². The van der Waals surface area contributed by atoms with Gasteiger partial charge in [0.25, 0.3) is 0 Å². The van der Waals surface area contributed by atoms with Crippen LogP contribution in [0.2, 0.25) is 0 Å². The van der Waals surface area contributed by atoms with Gasteiger partial charge in [-0.2, -0.15) is 0 Å². The van der Waals surface area contributed by atoms with Crippen LogP contribution in [0.15, 0.2) is 26.5 Å². The number of oxime groups is 1. The van der Waals surface area contributed by atoms with Crippen molar-refractivity contribution in [1.82, 2.24) is 35.4 Å². The van der Waals surface area contributed by atoms with Crippen LogP contribution in [0.25, 0.3) is 0 Å². The fraction of sp³-hybridized carbons (Fsp3) is 0.375. The number of thioether (sulfide) groups is 2. The number of nitrogen functional groups attached to an aromatic ring is 1. The van der Waals surface area contributed by atoms with Crippen LogP contribution in [0, 0.1) is 0 Å². The first-order valence-electron chi connectivity index (χ1n) is 9.20. The van der Waals surface area contributed by atoms with Crippen LogP contribution in [0.4, 0.5) is 4.69 Å². The van der Waals surface area contributed by atoms with Crippen molar-refractivity contribution in [3.8, 4) is 0 Å². The second-order valence-electron chi connectivity index (χ2n) is 6.69. The fourth-order valence-electron chi connectivity index (χ4n) is 3.19. The van der Waals surface area contributed by atoms with E-state index in [0.717, 1.165) is 0 Å². The Balaban J connectivity index is 0.00000216. The molecule has 14 nitrogen and oxygen atoms in total. The van der Waals surface area contributed by atoms with Crippen molar-refractivity contribution in [3.63, 3.8) is 0 Å². The number of carboxylic acids is 1. The summed E-state index contributed by atoms with van der Waals surface area (Å²) in [6, 6.07) is -0.912. The average Bonchev–Trinajstić information content (AvgIpc) is 3.40. The van der Waals surface area contributed by atoms with Crippen molar-refractivity contribution >= 4 is 66.2 Å². The van der Waals surface area contributed by atoms with E-state index in [0.29, 0.717) is 26.9 Å². The molecule has 0 radical (unpaired) electrons. The number of nitrogens with zero attached hydrogens (tertiary/aromatic N) is 7. The number of nitrogens with one attached hydrogen (secondary N) is 1. The minimum atomic E-state index is -1.21. The van der Waals surface area contributed by atoms with Crippen LogP contribution >= 0.6 is 23.5 Å². The van der Waals surface area contributed by atoms with E-state index in [1.165, 1.54) is 40.2 Å². The Morgan fingerprint density at radius 3 is 2.88 bits per heavy atom. The molecule has 1 fully saturated rings. The van der Waals surface area contributed by atoms with Crippen LogP contribution in [0.3, 0.4) is 0 Å². The predicted molar refractivity (Wildman–Crippen MR) is 119 cm³/mol. The first kappa shape index (κ1) is 26.7. The maximum atomic E-state index is 12.9. The number of aromatic nitrogens is 5. The molecule has 176 valence electrons. The number of carbonyl (C=O) groups excluding carboxylic acids is 2. The molecule has 4 heterocycles. The first-order valence-corrected chi connectivity index (χ1v) is 13.1. The fourth-order valence-corrected chi connectivity index (χ4v) is 6.68. The molecule has 0 bridgehead atoms. The minimum Gasteiger partial charge on any atom is -1.00 e. The molecule has 4 N–H and O–H groups in total. The molecule has 4 rings (SSSR count). The van der Waals surface area contributed by atoms with Crippen LogP contribution in [0.5, 0.6) is 0 Å². The molecule has 0 spiro atoms. The van der Waals surface area contributed by atoms with Gasteiger partial charge in [-0.1, -0.05) is 0 Å². The van der Waals surface area contributed by atoms with E-state index in [2.05, 4.69) is 31.0 Å². The first-order chi connectivity index (χ1) is 15.8. The predicted octanol–water partition coefficient (Wildman–Crippen LogP) is -4.76. The molecule has 0 aliphatic carbocycles. The zero-order valence-corrected chi connectivity index (χ0v) is 23.5. The van der Waals surface area contributed by atoms with Crippen LogP contribution in [-0.2, 0) is 26.3 Å². The van der Waals surface area contributed by atoms with Gasteiger partial charge >= 0.3 is 198 Å². The van der Waals surface area contributed by atoms with Gasteiger partial charge in [0.2, 0.25) is 5.16 Å². The van der Waals surface area contributed by atoms with E-state index in [4.69, 9.17) is 10.6 Å². The third-order valence-corrected chi connectivity index (χ3v) is 8.51. The topological polar surface area (TPSA) is 191 Å². The van der Waals surface area contributed by atoms with Gasteiger partial charge in [-0.25, -0.2) is 4.68 Å². The Bertz CT molecular complexity index is 1190. The van der Waals surface area contributed by atoms with Crippen molar-refractivity contribution in [3.05, 3.63) is 21.9 Å². The molecular formula is C16H18N9NaO5S2Se. The van der Waals surface area contributed by atoms with Crippen molar-refractivity contribution in [2.75, 3.05) is 24.3 Å². The van der Waals surface area contributed by atoms with E-state index in [-0.39, 0.29) is 62.6 Å². The number of amides is 2. The largest absolute Gasteiger partial charge is 1.00 e. The summed E-state index contributed by atoms with van der Waals surface area (Å²) in [7, 11) is 2.96. The number of aliphatic carboxylic acids is 1. The molecule has 18 heteroatoms. The summed E-state index contributed by atoms with van der Waals surface area (Å²) in [6.07, 6.45) is 0. The quantitative estimate of drug-likeness (QED) is 0.0887. The minimum absolute atomic E-state index is 0. The summed E-state index contributed by atoms with van der Waals surface area (Å²) >= 11 is 2.44. The molecule has 0 aromatic carbocycles. The monoisotopic (exact) mass is 583 g/mol. The third kappa shape index (κ3) is 5.19. The van der Waals surface area contributed by atoms with Crippen molar-refractivity contribution in [1.29, 1.82) is 0 Å². The Morgan fingerprint density at radius 2 is 2.29 bits per heavy atom. The van der Waals surface area contributed by atoms with Crippen LogP contribution in [0.1, 0.15) is 7.12 Å². The summed E-state index contributed by atoms with van der Waals surface area (Å²) in [5.41, 5.74) is 6.35. The van der Waals surface area contributed by atoms with Crippen LogP contribution in [-0.4, -0.2) is 103 Å². The second kappa shape index (κ2) is 11.2. The number of carboxylic acid groups (broad SMARTS) is 1. The molecule has 34 heavy (non-hydrogen) atoms. The number of aryl methyl sites for hydroxylation is 1. The number of rotatable bonds is 8. The molecule has 2 amide bonds. The molecule has 0 saturated carbocycles. The molecule has 2 aliphatic heterocycles. The summed E-state index contributed by atoms with van der Waals surface area (Å²) in [4.78, 5) is 49.4. The molecule has 2 aromatic rings. The van der Waals surface area contributed by atoms with Gasteiger partial charge in [0.1, 0.15) is 0 Å². The van der Waals surface area contributed by atoms with Crippen LogP contribution < -0.4 is 40.6 Å². The van der Waals surface area contributed by atoms with Gasteiger partial charge in [-0.15, -0.1) is 5.10 Å². The van der Waals surface area contributed by atoms with Gasteiger partial charge in [0.15, 0.2) is 0 Å². The average molecular weight is 582 g/mol. The van der Waals surface area contributed by atoms with E-state index in [1.54, 1.807) is 12.0 Å². The molecule has 0 unspecified atom stereocenters. The Labute approximate surface area is 230 Å². The standard InChI is InChI=1S/C16H17N9O5S2Se.Na.H/c1-24-16(20-22-23-24)32-4-6-3-31-13-9(12(27)25(13)10(6)14(28)29)19-11(26)8(21-30-2)7-5-33-15(17)18-7;;/h5,9,13H,3-4H2,1-2H3,(H2,17,18)(H,19,26)(H,28,29);;/q;+1;-1/t9-,13-;;/m1../s1. The van der Waals surface area contributed by atoms with Crippen molar-refractivity contribution < 1.29 is 55.3 Å². The number of carbonyl (C=O) groups is 3. The number of nitrogens with two attached hydrogens (primary N) is 1. The Kier molecular flexibility index (Phi) is 8.83. The zero-order chi connectivity index (χ0) is 23.7. The van der Waals surface area contributed by atoms with Crippen molar-refractivity contribution in [2.24, 2.45) is 12.2 Å². The normalized spacial score (nSPS) is 19.8. The summed E-state index contributed by atoms with van der Waals surface area (Å²) < 4.78 is 1.87. The Morgan fingerprint density at radius 1 is 1.53 bits per heavy atom. The maximum Gasteiger partial charge on any atom is 1.00 e. The van der Waals surface area contributed by atoms with Gasteiger partial charge in [0, 0.05) is 7.05 Å². The maximum absolute atomic E-state index is 12.9. The number of anilines is 1. The van der Waals surface area contributed by atoms with Gasteiger partial charge < -0.3 is 1.43 Å². The van der Waals surface area contributed by atoms with Gasteiger partial charge in [-0.05, 0) is 10.4 Å². The molecule has 2 aliphatic rings. The number of fused-ring (bicyclic) bond motifs is 1. The van der Waals surface area contributed by atoms with Gasteiger partial charge in [0.05, 0.1) is 0 Å². The number of hydrogen-bond donors (Lipinski definition) is 3. The smallest absolute Gasteiger partial charge is 1.00 e. The van der Waals surface area contributed by atoms with E-state index in [9.17, 15) is 19.5 Å². The molecule has 2 aromatic heterocycles. The molecular weight excluding hydrogens is 564 g/mol. The van der Waals surface area contributed by atoms with Crippen molar-refractivity contribution in [2.45, 2.75) is 16.6 Å². The molecule has 2 atom stereocenters. The third-order valence-electron chi connectivity index (χ3n) is 4.66. The number of β-lactam (4-membered cyclic amide) rings is 1. The number of hydrogen-bond acceptors (Lipinski definition) is 12. The SMILES string of the molecule is CON=C(C(=O)N[C@@H]1C(=O)N2C(C(=O)O)=C(CSc3nnnn3C)CS[C@H]12)c1c[se]c(N)n1.[H-].[Na+]. The van der Waals surface area contributed by atoms with E-state index >= 15 is 0 Å². The van der Waals surface area contributed by atoms with Gasteiger partial charge in [-0.3, -0.25) is 0 Å². The summed E-state index contributed by atoms with van der Waals surface area (Å²) in [5.74, 6) is -1.72. The Hall–Kier alpha value is -1.88. The van der Waals surface area contributed by atoms with E-state index < -0.39 is 29.2 Å². The summed E-state index contributed by atoms with van der Waals surface area (Å²) in [5, 5.41) is 27.2. The zero-order valence-electron chi connectivity index (χ0n) is 19.2. The second-order valence-corrected chi connectivity index (χ2v) is 10.6. The number of tetrazole rings is 1. The molecule has 1 saturated heterocycles.